The Morgan fingerprint density at radius 3 is 3.08 bits per heavy atom. The van der Waals surface area contributed by atoms with Gasteiger partial charge in [-0.05, 0) is 31.9 Å². The number of rotatable bonds is 4. The Morgan fingerprint density at radius 2 is 2.35 bits per heavy atom. The maximum Gasteiger partial charge on any atom is 0.329 e. The lowest BCUT2D eigenvalue weighted by Crippen LogP contribution is -2.49. The number of carboxylic acids is 1. The van der Waals surface area contributed by atoms with Gasteiger partial charge in [0.2, 0.25) is 11.9 Å². The summed E-state index contributed by atoms with van der Waals surface area (Å²) in [5, 5.41) is 22.2. The van der Waals surface area contributed by atoms with Gasteiger partial charge in [0.15, 0.2) is 5.13 Å². The van der Waals surface area contributed by atoms with E-state index >= 15 is 0 Å². The highest BCUT2D eigenvalue weighted by Gasteiger charge is 2.45. The Hall–Kier alpha value is -3.19. The molecule has 1 fully saturated rings. The zero-order valence-electron chi connectivity index (χ0n) is 13.9. The van der Waals surface area contributed by atoms with E-state index in [0.717, 1.165) is 6.42 Å². The number of nitriles is 1. The second-order valence-electron chi connectivity index (χ2n) is 6.18. The normalized spacial score (nSPS) is 19.6. The highest BCUT2D eigenvalue weighted by molar-refractivity contribution is 7.16. The lowest BCUT2D eigenvalue weighted by molar-refractivity contribution is -0.142. The first-order valence-electron chi connectivity index (χ1n) is 8.00. The summed E-state index contributed by atoms with van der Waals surface area (Å²) >= 11 is 1.22. The van der Waals surface area contributed by atoms with Gasteiger partial charge in [-0.15, -0.1) is 0 Å². The Morgan fingerprint density at radius 1 is 1.50 bits per heavy atom. The minimum absolute atomic E-state index is 0.359. The van der Waals surface area contributed by atoms with E-state index in [4.69, 9.17) is 5.26 Å². The second-order valence-corrected chi connectivity index (χ2v) is 7.21. The fraction of sp³-hybridized carbons (Fsp3) is 0.312. The SMILES string of the molecule is C[C@@]1(C(=O)O)CCCN1c1nc(Nc2ncc(C#N)s2)n2cccc2n1. The van der Waals surface area contributed by atoms with Crippen LogP contribution < -0.4 is 10.2 Å². The molecule has 1 aliphatic rings. The van der Waals surface area contributed by atoms with Gasteiger partial charge in [-0.3, -0.25) is 4.40 Å². The average molecular weight is 369 g/mol. The van der Waals surface area contributed by atoms with E-state index in [-0.39, 0.29) is 0 Å². The van der Waals surface area contributed by atoms with Crippen LogP contribution in [-0.4, -0.2) is 42.5 Å². The van der Waals surface area contributed by atoms with Crippen molar-refractivity contribution in [2.75, 3.05) is 16.8 Å². The van der Waals surface area contributed by atoms with Gasteiger partial charge >= 0.3 is 5.97 Å². The molecule has 2 N–H and O–H groups in total. The molecule has 0 saturated carbocycles. The summed E-state index contributed by atoms with van der Waals surface area (Å²) in [5.74, 6) is -0.0615. The molecule has 4 rings (SSSR count). The van der Waals surface area contributed by atoms with Crippen molar-refractivity contribution in [3.8, 4) is 6.07 Å². The number of hydrogen-bond acceptors (Lipinski definition) is 8. The Bertz CT molecular complexity index is 1040. The number of nitrogens with zero attached hydrogens (tertiary/aromatic N) is 6. The molecular formula is C16H15N7O2S. The fourth-order valence-electron chi connectivity index (χ4n) is 3.11. The fourth-order valence-corrected chi connectivity index (χ4v) is 3.72. The molecule has 0 aliphatic carbocycles. The monoisotopic (exact) mass is 369 g/mol. The molecule has 9 nitrogen and oxygen atoms in total. The standard InChI is InChI=1S/C16H15N7O2S/c1-16(12(24)25)5-3-7-23(16)14-19-11-4-2-6-22(11)13(20-14)21-15-18-9-10(8-17)26-15/h2,4,6,9H,3,5,7H2,1H3,(H,24,25)(H,18,19,20,21)/t16-/m0/s1. The van der Waals surface area contributed by atoms with Crippen molar-refractivity contribution in [2.24, 2.45) is 0 Å². The number of hydrogen-bond donors (Lipinski definition) is 2. The van der Waals surface area contributed by atoms with Crippen molar-refractivity contribution in [2.45, 2.75) is 25.3 Å². The molecule has 0 bridgehead atoms. The van der Waals surface area contributed by atoms with Gasteiger partial charge in [0, 0.05) is 12.7 Å². The predicted molar refractivity (Wildman–Crippen MR) is 95.7 cm³/mol. The van der Waals surface area contributed by atoms with Crippen LogP contribution in [0.25, 0.3) is 5.65 Å². The number of carbonyl (C=O) groups is 1. The third kappa shape index (κ3) is 2.53. The number of nitrogens with one attached hydrogen (secondary N) is 1. The second kappa shape index (κ2) is 5.96. The van der Waals surface area contributed by atoms with Crippen LogP contribution in [0.15, 0.2) is 24.5 Å². The smallest absolute Gasteiger partial charge is 0.329 e. The number of aromatic nitrogens is 4. The van der Waals surface area contributed by atoms with Crippen molar-refractivity contribution in [3.63, 3.8) is 0 Å². The molecule has 3 aromatic rings. The van der Waals surface area contributed by atoms with E-state index in [0.29, 0.717) is 40.5 Å². The van der Waals surface area contributed by atoms with Gasteiger partial charge in [-0.1, -0.05) is 11.3 Å². The number of anilines is 3. The summed E-state index contributed by atoms with van der Waals surface area (Å²) in [6, 6.07) is 5.71. The minimum atomic E-state index is -1.03. The van der Waals surface area contributed by atoms with Crippen molar-refractivity contribution in [3.05, 3.63) is 29.4 Å². The zero-order chi connectivity index (χ0) is 18.3. The molecule has 1 aliphatic heterocycles. The van der Waals surface area contributed by atoms with Crippen LogP contribution >= 0.6 is 11.3 Å². The Kier molecular flexibility index (Phi) is 3.73. The zero-order valence-corrected chi connectivity index (χ0v) is 14.7. The maximum atomic E-state index is 11.8. The molecule has 4 heterocycles. The molecule has 0 radical (unpaired) electrons. The molecule has 0 amide bonds. The first kappa shape index (κ1) is 16.3. The first-order valence-corrected chi connectivity index (χ1v) is 8.82. The molecule has 0 aromatic carbocycles. The summed E-state index contributed by atoms with van der Waals surface area (Å²) in [7, 11) is 0. The lowest BCUT2D eigenvalue weighted by atomic mass is 10.00. The van der Waals surface area contributed by atoms with Gasteiger partial charge in [0.05, 0.1) is 6.20 Å². The lowest BCUT2D eigenvalue weighted by Gasteiger charge is -2.31. The summed E-state index contributed by atoms with van der Waals surface area (Å²) < 4.78 is 1.76. The highest BCUT2D eigenvalue weighted by Crippen LogP contribution is 2.33. The molecule has 1 saturated heterocycles. The van der Waals surface area contributed by atoms with Crippen molar-refractivity contribution in [1.82, 2.24) is 19.4 Å². The maximum absolute atomic E-state index is 11.8. The summed E-state index contributed by atoms with van der Waals surface area (Å²) in [5.41, 5.74) is -0.383. The van der Waals surface area contributed by atoms with E-state index in [1.807, 2.05) is 18.2 Å². The van der Waals surface area contributed by atoms with Crippen LogP contribution in [0.4, 0.5) is 17.0 Å². The molecule has 0 unspecified atom stereocenters. The molecule has 0 spiro atoms. The Balaban J connectivity index is 1.78. The first-order chi connectivity index (χ1) is 12.5. The number of thiazole rings is 1. The topological polar surface area (TPSA) is 119 Å². The third-order valence-electron chi connectivity index (χ3n) is 4.55. The molecular weight excluding hydrogens is 354 g/mol. The van der Waals surface area contributed by atoms with Crippen molar-refractivity contribution in [1.29, 1.82) is 5.26 Å². The highest BCUT2D eigenvalue weighted by atomic mass is 32.1. The summed E-state index contributed by atoms with van der Waals surface area (Å²) in [4.78, 5) is 27.2. The van der Waals surface area contributed by atoms with E-state index in [9.17, 15) is 9.90 Å². The van der Waals surface area contributed by atoms with E-state index in [1.165, 1.54) is 17.5 Å². The summed E-state index contributed by atoms with van der Waals surface area (Å²) in [6.07, 6.45) is 4.60. The number of carboxylic acid groups (broad SMARTS) is 1. The van der Waals surface area contributed by atoms with Crippen LogP contribution in [0.1, 0.15) is 24.6 Å². The van der Waals surface area contributed by atoms with Crippen molar-refractivity contribution < 1.29 is 9.90 Å². The van der Waals surface area contributed by atoms with Crippen molar-refractivity contribution >= 4 is 40.0 Å². The number of aliphatic carboxylic acids is 1. The minimum Gasteiger partial charge on any atom is -0.480 e. The molecule has 10 heteroatoms. The number of fused-ring (bicyclic) bond motifs is 1. The van der Waals surface area contributed by atoms with Crippen LogP contribution in [-0.2, 0) is 4.79 Å². The Labute approximate surface area is 152 Å². The van der Waals surface area contributed by atoms with Gasteiger partial charge in [0.1, 0.15) is 22.1 Å². The molecule has 26 heavy (non-hydrogen) atoms. The van der Waals surface area contributed by atoms with E-state index in [1.54, 1.807) is 22.4 Å². The van der Waals surface area contributed by atoms with Gasteiger partial charge in [-0.2, -0.15) is 15.2 Å². The van der Waals surface area contributed by atoms with Crippen LogP contribution in [0.3, 0.4) is 0 Å². The van der Waals surface area contributed by atoms with Crippen LogP contribution in [0.2, 0.25) is 0 Å². The third-order valence-corrected chi connectivity index (χ3v) is 5.37. The van der Waals surface area contributed by atoms with E-state index in [2.05, 4.69) is 20.3 Å². The van der Waals surface area contributed by atoms with Gasteiger partial charge in [-0.25, -0.2) is 9.78 Å². The predicted octanol–water partition coefficient (Wildman–Crippen LogP) is 2.24. The largest absolute Gasteiger partial charge is 0.480 e. The molecule has 3 aromatic heterocycles. The van der Waals surface area contributed by atoms with Crippen LogP contribution in [0, 0.1) is 11.3 Å². The van der Waals surface area contributed by atoms with Gasteiger partial charge in [0.25, 0.3) is 0 Å². The summed E-state index contributed by atoms with van der Waals surface area (Å²) in [6.45, 7) is 2.27. The molecule has 132 valence electrons. The van der Waals surface area contributed by atoms with E-state index < -0.39 is 11.5 Å². The van der Waals surface area contributed by atoms with Gasteiger partial charge < -0.3 is 15.3 Å². The van der Waals surface area contributed by atoms with Crippen LogP contribution in [0.5, 0.6) is 0 Å². The average Bonchev–Trinajstić information content (AvgIpc) is 3.34. The molecule has 1 atom stereocenters. The quantitative estimate of drug-likeness (QED) is 0.718.